The van der Waals surface area contributed by atoms with Gasteiger partial charge in [0.1, 0.15) is 0 Å². The van der Waals surface area contributed by atoms with Crippen molar-refractivity contribution in [2.24, 2.45) is 56.7 Å². The molecular formula is C30H50O2. The topological polar surface area (TPSA) is 40.5 Å². The summed E-state index contributed by atoms with van der Waals surface area (Å²) >= 11 is 0. The van der Waals surface area contributed by atoms with Crippen molar-refractivity contribution in [3.8, 4) is 0 Å². The van der Waals surface area contributed by atoms with Crippen LogP contribution in [0.4, 0.5) is 0 Å². The molecule has 5 aliphatic rings. The molecule has 2 nitrogen and oxygen atoms in total. The lowest BCUT2D eigenvalue weighted by Crippen LogP contribution is -2.66. The first-order chi connectivity index (χ1) is 14.9. The minimum Gasteiger partial charge on any atom is -0.396 e. The van der Waals surface area contributed by atoms with Gasteiger partial charge in [-0.05, 0) is 128 Å². The zero-order valence-electron chi connectivity index (χ0n) is 21.8. The summed E-state index contributed by atoms with van der Waals surface area (Å²) in [5, 5.41) is 21.5. The van der Waals surface area contributed by atoms with Gasteiger partial charge in [-0.25, -0.2) is 0 Å². The van der Waals surface area contributed by atoms with Gasteiger partial charge in [0.05, 0.1) is 6.10 Å². The Morgan fingerprint density at radius 3 is 2.19 bits per heavy atom. The Balaban J connectivity index is 1.55. The van der Waals surface area contributed by atoms with E-state index in [1.807, 2.05) is 0 Å². The zero-order valence-corrected chi connectivity index (χ0v) is 21.8. The first-order valence-corrected chi connectivity index (χ1v) is 13.8. The SMILES string of the molecule is C=C(C)C1CCC2(CO)CC[C@]3(C)C(CCC4[C@@]5(C)CC[C@H](O)C(C)(C)C5CC[C@]43C)C12. The average molecular weight is 443 g/mol. The maximum absolute atomic E-state index is 10.9. The van der Waals surface area contributed by atoms with Crippen molar-refractivity contribution >= 4 is 0 Å². The van der Waals surface area contributed by atoms with Crippen LogP contribution in [0.3, 0.4) is 0 Å². The second kappa shape index (κ2) is 7.09. The van der Waals surface area contributed by atoms with E-state index >= 15 is 0 Å². The van der Waals surface area contributed by atoms with Gasteiger partial charge < -0.3 is 10.2 Å². The van der Waals surface area contributed by atoms with Crippen molar-refractivity contribution in [1.29, 1.82) is 0 Å². The third-order valence-electron chi connectivity index (χ3n) is 13.5. The highest BCUT2D eigenvalue weighted by atomic mass is 16.3. The maximum Gasteiger partial charge on any atom is 0.0594 e. The fourth-order valence-corrected chi connectivity index (χ4v) is 11.5. The molecule has 0 aromatic rings. The Morgan fingerprint density at radius 2 is 1.53 bits per heavy atom. The highest BCUT2D eigenvalue weighted by Gasteiger charge is 2.70. The van der Waals surface area contributed by atoms with Crippen LogP contribution in [0, 0.1) is 56.7 Å². The molecule has 0 spiro atoms. The molecule has 5 fully saturated rings. The highest BCUT2D eigenvalue weighted by Crippen LogP contribution is 2.77. The highest BCUT2D eigenvalue weighted by molar-refractivity contribution is 5.21. The average Bonchev–Trinajstić information content (AvgIpc) is 3.12. The summed E-state index contributed by atoms with van der Waals surface area (Å²) in [5.41, 5.74) is 2.60. The molecule has 0 radical (unpaired) electrons. The largest absolute Gasteiger partial charge is 0.396 e. The fourth-order valence-electron chi connectivity index (χ4n) is 11.5. The van der Waals surface area contributed by atoms with E-state index in [0.717, 1.165) is 18.3 Å². The van der Waals surface area contributed by atoms with Crippen LogP contribution in [0.5, 0.6) is 0 Å². The van der Waals surface area contributed by atoms with Gasteiger partial charge in [0, 0.05) is 6.61 Å². The Bertz CT molecular complexity index is 786. The summed E-state index contributed by atoms with van der Waals surface area (Å²) in [6.45, 7) is 19.7. The molecule has 5 aliphatic carbocycles. The van der Waals surface area contributed by atoms with Crippen molar-refractivity contribution in [3.63, 3.8) is 0 Å². The van der Waals surface area contributed by atoms with Crippen LogP contribution in [0.1, 0.15) is 106 Å². The van der Waals surface area contributed by atoms with Crippen LogP contribution in [-0.4, -0.2) is 22.9 Å². The molecule has 0 saturated heterocycles. The molecule has 2 N–H and O–H groups in total. The standard InChI is InChI=1S/C30H50O2/c1-19(2)20-10-15-30(18-31)17-16-28(6)21(25(20)30)8-9-23-27(5)13-12-24(32)26(3,4)22(27)11-14-29(23,28)7/h20-25,31-32H,1,8-18H2,2-7H3/t20?,21?,22?,23?,24-,25?,27-,28+,29+,30?/m0/s1. The quantitative estimate of drug-likeness (QED) is 0.452. The second-order valence-electron chi connectivity index (χ2n) is 14.6. The number of hydrogen-bond acceptors (Lipinski definition) is 2. The number of rotatable bonds is 2. The molecule has 182 valence electrons. The lowest BCUT2D eigenvalue weighted by Gasteiger charge is -2.73. The Labute approximate surface area is 197 Å². The third kappa shape index (κ3) is 2.66. The molecule has 0 aromatic carbocycles. The monoisotopic (exact) mass is 442 g/mol. The third-order valence-corrected chi connectivity index (χ3v) is 13.5. The van der Waals surface area contributed by atoms with Gasteiger partial charge in [-0.15, -0.1) is 0 Å². The number of allylic oxidation sites excluding steroid dienone is 1. The minimum absolute atomic E-state index is 0.0290. The Kier molecular flexibility index (Phi) is 5.19. The molecular weight excluding hydrogens is 392 g/mol. The van der Waals surface area contributed by atoms with Crippen LogP contribution < -0.4 is 0 Å². The lowest BCUT2D eigenvalue weighted by molar-refractivity contribution is -0.249. The van der Waals surface area contributed by atoms with Gasteiger partial charge in [-0.1, -0.05) is 46.8 Å². The lowest BCUT2D eigenvalue weighted by atomic mass is 9.32. The van der Waals surface area contributed by atoms with Crippen LogP contribution in [0.25, 0.3) is 0 Å². The molecule has 2 heteroatoms. The fraction of sp³-hybridized carbons (Fsp3) is 0.933. The van der Waals surface area contributed by atoms with Gasteiger partial charge >= 0.3 is 0 Å². The molecule has 0 aromatic heterocycles. The predicted octanol–water partition coefficient (Wildman–Crippen LogP) is 7.00. The molecule has 0 aliphatic heterocycles. The van der Waals surface area contributed by atoms with Gasteiger partial charge in [0.25, 0.3) is 0 Å². The number of aliphatic hydroxyl groups excluding tert-OH is 2. The Hall–Kier alpha value is -0.340. The summed E-state index contributed by atoms with van der Waals surface area (Å²) < 4.78 is 0. The number of fused-ring (bicyclic) bond motifs is 7. The van der Waals surface area contributed by atoms with Crippen LogP contribution in [0.15, 0.2) is 12.2 Å². The summed E-state index contributed by atoms with van der Waals surface area (Å²) in [6.07, 6.45) is 12.2. The first-order valence-electron chi connectivity index (χ1n) is 13.8. The molecule has 0 heterocycles. The van der Waals surface area contributed by atoms with Gasteiger partial charge in [0.2, 0.25) is 0 Å². The maximum atomic E-state index is 10.9. The van der Waals surface area contributed by atoms with Crippen molar-refractivity contribution in [3.05, 3.63) is 12.2 Å². The molecule has 5 rings (SSSR count). The van der Waals surface area contributed by atoms with E-state index in [-0.39, 0.29) is 16.9 Å². The summed E-state index contributed by atoms with van der Waals surface area (Å²) in [5.74, 6) is 3.33. The van der Waals surface area contributed by atoms with E-state index in [2.05, 4.69) is 48.1 Å². The van der Waals surface area contributed by atoms with Crippen LogP contribution in [-0.2, 0) is 0 Å². The molecule has 10 atom stereocenters. The van der Waals surface area contributed by atoms with E-state index in [1.54, 1.807) is 0 Å². The molecule has 5 saturated carbocycles. The molecule has 32 heavy (non-hydrogen) atoms. The van der Waals surface area contributed by atoms with E-state index in [1.165, 1.54) is 63.4 Å². The van der Waals surface area contributed by atoms with Crippen molar-refractivity contribution < 1.29 is 10.2 Å². The zero-order chi connectivity index (χ0) is 23.3. The number of hydrogen-bond donors (Lipinski definition) is 2. The van der Waals surface area contributed by atoms with Crippen molar-refractivity contribution in [2.45, 2.75) is 112 Å². The molecule has 0 bridgehead atoms. The molecule has 6 unspecified atom stereocenters. The summed E-state index contributed by atoms with van der Waals surface area (Å²) in [4.78, 5) is 0. The second-order valence-corrected chi connectivity index (χ2v) is 14.6. The minimum atomic E-state index is -0.147. The summed E-state index contributed by atoms with van der Waals surface area (Å²) in [7, 11) is 0. The van der Waals surface area contributed by atoms with Crippen molar-refractivity contribution in [2.75, 3.05) is 6.61 Å². The van der Waals surface area contributed by atoms with Gasteiger partial charge in [-0.3, -0.25) is 0 Å². The predicted molar refractivity (Wildman–Crippen MR) is 132 cm³/mol. The molecule has 0 amide bonds. The van der Waals surface area contributed by atoms with E-state index < -0.39 is 0 Å². The first kappa shape index (κ1) is 23.4. The van der Waals surface area contributed by atoms with E-state index in [9.17, 15) is 10.2 Å². The number of aliphatic hydroxyl groups is 2. The van der Waals surface area contributed by atoms with Crippen molar-refractivity contribution in [1.82, 2.24) is 0 Å². The van der Waals surface area contributed by atoms with Gasteiger partial charge in [-0.2, -0.15) is 0 Å². The van der Waals surface area contributed by atoms with Crippen LogP contribution in [0.2, 0.25) is 0 Å². The van der Waals surface area contributed by atoms with Gasteiger partial charge in [0.15, 0.2) is 0 Å². The van der Waals surface area contributed by atoms with E-state index in [0.29, 0.717) is 40.6 Å². The summed E-state index contributed by atoms with van der Waals surface area (Å²) in [6, 6.07) is 0. The smallest absolute Gasteiger partial charge is 0.0594 e. The van der Waals surface area contributed by atoms with Crippen LogP contribution >= 0.6 is 0 Å². The normalized spacial score (nSPS) is 56.5. The van der Waals surface area contributed by atoms with E-state index in [4.69, 9.17) is 0 Å². The Morgan fingerprint density at radius 1 is 0.812 bits per heavy atom.